The molecule has 0 bridgehead atoms. The minimum Gasteiger partial charge on any atom is -0.330 e. The van der Waals surface area contributed by atoms with Gasteiger partial charge in [-0.25, -0.2) is 16.8 Å². The average molecular weight is 421 g/mol. The molecule has 0 aliphatic heterocycles. The van der Waals surface area contributed by atoms with Crippen LogP contribution < -0.4 is 5.73 Å². The van der Waals surface area contributed by atoms with Gasteiger partial charge in [0.1, 0.15) is 0 Å². The molecular formula is C12H21F6NO4S2. The molecule has 0 saturated heterocycles. The van der Waals surface area contributed by atoms with Crippen molar-refractivity contribution in [1.29, 1.82) is 0 Å². The number of halogens is 6. The van der Waals surface area contributed by atoms with E-state index in [0.717, 1.165) is 19.3 Å². The lowest BCUT2D eigenvalue weighted by atomic mass is 10.1. The Kier molecular flexibility index (Phi) is 9.19. The summed E-state index contributed by atoms with van der Waals surface area (Å²) in [5.41, 5.74) is -6.89. The molecular weight excluding hydrogens is 400 g/mol. The number of nitrogens with two attached hydrogens (primary N) is 1. The molecule has 0 atom stereocenters. The zero-order valence-corrected chi connectivity index (χ0v) is 14.9. The highest BCUT2D eigenvalue weighted by molar-refractivity contribution is 8.09. The normalized spacial score (nSPS) is 14.2. The van der Waals surface area contributed by atoms with Gasteiger partial charge in [0.25, 0.3) is 19.7 Å². The molecule has 152 valence electrons. The van der Waals surface area contributed by atoms with Crippen LogP contribution in [0.15, 0.2) is 0 Å². The Hall–Kier alpha value is -0.560. The van der Waals surface area contributed by atoms with Crippen LogP contribution in [-0.4, -0.2) is 39.0 Å². The molecule has 25 heavy (non-hydrogen) atoms. The molecule has 0 saturated carbocycles. The molecule has 0 unspecified atom stereocenters. The molecule has 5 nitrogen and oxygen atoms in total. The molecule has 0 rings (SSSR count). The number of hydrogen-bond acceptors (Lipinski definition) is 5. The van der Waals surface area contributed by atoms with Gasteiger partial charge in [-0.15, -0.1) is 0 Å². The van der Waals surface area contributed by atoms with Gasteiger partial charge in [-0.1, -0.05) is 38.5 Å². The van der Waals surface area contributed by atoms with E-state index in [4.69, 9.17) is 5.73 Å². The molecule has 0 spiro atoms. The van der Waals surface area contributed by atoms with E-state index in [1.165, 1.54) is 0 Å². The Morgan fingerprint density at radius 3 is 1.28 bits per heavy atom. The third-order valence-corrected chi connectivity index (χ3v) is 8.15. The lowest BCUT2D eigenvalue weighted by Crippen LogP contribution is -2.44. The van der Waals surface area contributed by atoms with Gasteiger partial charge in [0.05, 0.1) is 0 Å². The lowest BCUT2D eigenvalue weighted by molar-refractivity contribution is -0.0472. The first-order valence-corrected chi connectivity index (χ1v) is 10.6. The van der Waals surface area contributed by atoms with Gasteiger partial charge in [0, 0.05) is 0 Å². The number of rotatable bonds is 11. The van der Waals surface area contributed by atoms with Crippen LogP contribution in [0, 0.1) is 0 Å². The fraction of sp³-hybridized carbons (Fsp3) is 1.00. The van der Waals surface area contributed by atoms with Gasteiger partial charge in [-0.2, -0.15) is 26.3 Å². The summed E-state index contributed by atoms with van der Waals surface area (Å²) in [6, 6.07) is 0. The maximum absolute atomic E-state index is 12.5. The van der Waals surface area contributed by atoms with Gasteiger partial charge in [0.2, 0.25) is 0 Å². The Morgan fingerprint density at radius 2 is 0.960 bits per heavy atom. The SMILES string of the molecule is NCCCCCCCCCC(S(=O)(=O)C(F)(F)F)S(=O)(=O)C(F)(F)F. The van der Waals surface area contributed by atoms with Crippen molar-refractivity contribution in [3.63, 3.8) is 0 Å². The van der Waals surface area contributed by atoms with Crippen LogP contribution in [-0.2, 0) is 19.7 Å². The van der Waals surface area contributed by atoms with Crippen molar-refractivity contribution in [2.45, 2.75) is 67.0 Å². The fourth-order valence-corrected chi connectivity index (χ4v) is 5.65. The van der Waals surface area contributed by atoms with Crippen molar-refractivity contribution in [3.8, 4) is 0 Å². The quantitative estimate of drug-likeness (QED) is 0.408. The van der Waals surface area contributed by atoms with E-state index in [9.17, 15) is 43.2 Å². The first kappa shape index (κ1) is 24.4. The monoisotopic (exact) mass is 421 g/mol. The molecule has 0 aromatic rings. The Balaban J connectivity index is 4.99. The molecule has 0 fully saturated rings. The van der Waals surface area contributed by atoms with Crippen molar-refractivity contribution in [1.82, 2.24) is 0 Å². The van der Waals surface area contributed by atoms with Crippen molar-refractivity contribution < 1.29 is 43.2 Å². The maximum atomic E-state index is 12.5. The van der Waals surface area contributed by atoms with Gasteiger partial charge in [-0.05, 0) is 19.4 Å². The second-order valence-electron chi connectivity index (χ2n) is 5.46. The second-order valence-corrected chi connectivity index (χ2v) is 10.0. The molecule has 0 amide bonds. The van der Waals surface area contributed by atoms with Crippen LogP contribution in [0.5, 0.6) is 0 Å². The van der Waals surface area contributed by atoms with Gasteiger partial charge < -0.3 is 5.73 Å². The number of alkyl halides is 6. The van der Waals surface area contributed by atoms with Crippen molar-refractivity contribution in [2.24, 2.45) is 5.73 Å². The van der Waals surface area contributed by atoms with Gasteiger partial charge >= 0.3 is 11.0 Å². The standard InChI is InChI=1S/C12H21F6NO4S2/c13-11(14,15)24(20,21)10(25(22,23)12(16,17)18)8-6-4-2-1-3-5-7-9-19/h10H,1-9,19H2. The fourth-order valence-electron chi connectivity index (χ4n) is 2.11. The van der Waals surface area contributed by atoms with E-state index < -0.39 is 41.7 Å². The highest BCUT2D eigenvalue weighted by Gasteiger charge is 2.62. The topological polar surface area (TPSA) is 94.3 Å². The number of hydrogen-bond donors (Lipinski definition) is 1. The summed E-state index contributed by atoms with van der Waals surface area (Å²) >= 11 is 0. The minimum absolute atomic E-state index is 0.125. The van der Waals surface area contributed by atoms with E-state index in [1.807, 2.05) is 0 Å². The molecule has 0 aliphatic rings. The van der Waals surface area contributed by atoms with Crippen LogP contribution in [0.2, 0.25) is 0 Å². The van der Waals surface area contributed by atoms with Crippen LogP contribution in [0.4, 0.5) is 26.3 Å². The molecule has 0 aliphatic carbocycles. The van der Waals surface area contributed by atoms with Crippen LogP contribution >= 0.6 is 0 Å². The van der Waals surface area contributed by atoms with Crippen LogP contribution in [0.3, 0.4) is 0 Å². The minimum atomic E-state index is -6.51. The summed E-state index contributed by atoms with van der Waals surface area (Å²) in [4.78, 5) is 0. The highest BCUT2D eigenvalue weighted by atomic mass is 32.3. The van der Waals surface area contributed by atoms with Crippen LogP contribution in [0.25, 0.3) is 0 Å². The van der Waals surface area contributed by atoms with Crippen molar-refractivity contribution in [2.75, 3.05) is 6.54 Å². The zero-order chi connectivity index (χ0) is 19.9. The first-order valence-electron chi connectivity index (χ1n) is 7.50. The molecule has 13 heteroatoms. The number of sulfone groups is 2. The maximum Gasteiger partial charge on any atom is 0.498 e. The second kappa shape index (κ2) is 9.40. The summed E-state index contributed by atoms with van der Waals surface area (Å²) in [5, 5.41) is 0. The Bertz CT molecular complexity index is 554. The van der Waals surface area contributed by atoms with E-state index in [1.54, 1.807) is 0 Å². The predicted molar refractivity (Wildman–Crippen MR) is 79.7 cm³/mol. The summed E-state index contributed by atoms with van der Waals surface area (Å²) in [6.07, 6.45) is 1.94. The summed E-state index contributed by atoms with van der Waals surface area (Å²) < 4.78 is 117. The smallest absolute Gasteiger partial charge is 0.330 e. The van der Waals surface area contributed by atoms with E-state index in [2.05, 4.69) is 0 Å². The highest BCUT2D eigenvalue weighted by Crippen LogP contribution is 2.38. The Morgan fingerprint density at radius 1 is 0.640 bits per heavy atom. The molecule has 0 aromatic heterocycles. The molecule has 0 radical (unpaired) electrons. The zero-order valence-electron chi connectivity index (χ0n) is 13.2. The van der Waals surface area contributed by atoms with Crippen molar-refractivity contribution in [3.05, 3.63) is 0 Å². The molecule has 0 heterocycles. The summed E-state index contributed by atoms with van der Waals surface area (Å²) in [5.74, 6) is 0. The Labute approximate surface area is 142 Å². The summed E-state index contributed by atoms with van der Waals surface area (Å²) in [7, 11) is -13.0. The summed E-state index contributed by atoms with van der Waals surface area (Å²) in [6.45, 7) is 0.506. The lowest BCUT2D eigenvalue weighted by Gasteiger charge is -2.20. The van der Waals surface area contributed by atoms with Crippen LogP contribution in [0.1, 0.15) is 51.4 Å². The largest absolute Gasteiger partial charge is 0.498 e. The van der Waals surface area contributed by atoms with E-state index >= 15 is 0 Å². The number of unbranched alkanes of at least 4 members (excludes halogenated alkanes) is 6. The van der Waals surface area contributed by atoms with Gasteiger partial charge in [0.15, 0.2) is 4.58 Å². The third-order valence-electron chi connectivity index (χ3n) is 3.48. The predicted octanol–water partition coefficient (Wildman–Crippen LogP) is 3.26. The molecule has 0 aromatic carbocycles. The van der Waals surface area contributed by atoms with Gasteiger partial charge in [-0.3, -0.25) is 0 Å². The van der Waals surface area contributed by atoms with E-state index in [-0.39, 0.29) is 12.8 Å². The molecule has 2 N–H and O–H groups in total. The first-order chi connectivity index (χ1) is 11.2. The van der Waals surface area contributed by atoms with E-state index in [0.29, 0.717) is 19.4 Å². The average Bonchev–Trinajstić information content (AvgIpc) is 2.42. The van der Waals surface area contributed by atoms with Crippen molar-refractivity contribution >= 4 is 19.7 Å². The third kappa shape index (κ3) is 6.93.